The molecule has 0 radical (unpaired) electrons. The first kappa shape index (κ1) is 14.1. The van der Waals surface area contributed by atoms with E-state index in [1.54, 1.807) is 0 Å². The second kappa shape index (κ2) is 7.30. The van der Waals surface area contributed by atoms with Crippen LogP contribution in [-0.4, -0.2) is 11.7 Å². The molecule has 0 heterocycles. The third-order valence-electron chi connectivity index (χ3n) is 4.19. The summed E-state index contributed by atoms with van der Waals surface area (Å²) in [6.45, 7) is 0.331. The molecular formula is C16H23BrO. The Balaban J connectivity index is 1.99. The van der Waals surface area contributed by atoms with Crippen molar-refractivity contribution in [2.45, 2.75) is 44.9 Å². The Kier molecular flexibility index (Phi) is 5.71. The number of halogens is 1. The minimum atomic E-state index is 0.331. The molecule has 1 fully saturated rings. The number of benzene rings is 1. The largest absolute Gasteiger partial charge is 0.396 e. The molecule has 1 N–H and O–H groups in total. The van der Waals surface area contributed by atoms with Crippen LogP contribution in [0.2, 0.25) is 0 Å². The van der Waals surface area contributed by atoms with Crippen molar-refractivity contribution in [1.29, 1.82) is 0 Å². The fourth-order valence-electron chi connectivity index (χ4n) is 3.13. The van der Waals surface area contributed by atoms with Crippen LogP contribution in [0, 0.1) is 11.8 Å². The third-order valence-corrected chi connectivity index (χ3v) is 4.68. The third kappa shape index (κ3) is 4.10. The number of hydrogen-bond acceptors (Lipinski definition) is 1. The van der Waals surface area contributed by atoms with Crippen LogP contribution < -0.4 is 0 Å². The van der Waals surface area contributed by atoms with Gasteiger partial charge in [-0.3, -0.25) is 0 Å². The van der Waals surface area contributed by atoms with Gasteiger partial charge in [0.25, 0.3) is 0 Å². The summed E-state index contributed by atoms with van der Waals surface area (Å²) in [5.74, 6) is 1.16. The molecule has 100 valence electrons. The van der Waals surface area contributed by atoms with Gasteiger partial charge in [0, 0.05) is 11.1 Å². The summed E-state index contributed by atoms with van der Waals surface area (Å²) in [7, 11) is 0. The van der Waals surface area contributed by atoms with Crippen LogP contribution in [0.15, 0.2) is 28.7 Å². The molecule has 1 aliphatic carbocycles. The van der Waals surface area contributed by atoms with Crippen molar-refractivity contribution < 1.29 is 5.11 Å². The summed E-state index contributed by atoms with van der Waals surface area (Å²) < 4.78 is 1.14. The van der Waals surface area contributed by atoms with Crippen LogP contribution in [-0.2, 0) is 6.42 Å². The first-order valence-corrected chi connectivity index (χ1v) is 7.94. The normalized spacial score (nSPS) is 19.4. The fraction of sp³-hybridized carbons (Fsp3) is 0.625. The summed E-state index contributed by atoms with van der Waals surface area (Å²) >= 11 is 3.52. The maximum Gasteiger partial charge on any atom is 0.0465 e. The molecular weight excluding hydrogens is 288 g/mol. The lowest BCUT2D eigenvalue weighted by molar-refractivity contribution is 0.163. The van der Waals surface area contributed by atoms with Gasteiger partial charge in [0.05, 0.1) is 0 Å². The molecule has 1 aliphatic rings. The van der Waals surface area contributed by atoms with Gasteiger partial charge in [-0.25, -0.2) is 0 Å². The van der Waals surface area contributed by atoms with Crippen molar-refractivity contribution >= 4 is 15.9 Å². The van der Waals surface area contributed by atoms with Crippen molar-refractivity contribution in [3.8, 4) is 0 Å². The number of aliphatic hydroxyl groups is 1. The van der Waals surface area contributed by atoms with E-state index < -0.39 is 0 Å². The second-order valence-electron chi connectivity index (χ2n) is 5.53. The quantitative estimate of drug-likeness (QED) is 0.808. The first-order chi connectivity index (χ1) is 8.79. The van der Waals surface area contributed by atoms with Crippen LogP contribution in [0.1, 0.15) is 44.1 Å². The minimum Gasteiger partial charge on any atom is -0.396 e. The molecule has 1 aromatic rings. The van der Waals surface area contributed by atoms with E-state index in [1.165, 1.54) is 44.1 Å². The van der Waals surface area contributed by atoms with Crippen molar-refractivity contribution in [1.82, 2.24) is 0 Å². The topological polar surface area (TPSA) is 20.2 Å². The molecule has 1 aromatic carbocycles. The van der Waals surface area contributed by atoms with Gasteiger partial charge in [0.1, 0.15) is 0 Å². The number of aliphatic hydroxyl groups excluding tert-OH is 1. The van der Waals surface area contributed by atoms with Gasteiger partial charge >= 0.3 is 0 Å². The van der Waals surface area contributed by atoms with E-state index in [2.05, 4.69) is 40.2 Å². The summed E-state index contributed by atoms with van der Waals surface area (Å²) in [6.07, 6.45) is 9.08. The molecule has 1 saturated carbocycles. The average molecular weight is 311 g/mol. The zero-order valence-electron chi connectivity index (χ0n) is 10.9. The summed E-state index contributed by atoms with van der Waals surface area (Å²) in [6, 6.07) is 8.49. The Labute approximate surface area is 119 Å². The molecule has 1 unspecified atom stereocenters. The van der Waals surface area contributed by atoms with Gasteiger partial charge in [-0.15, -0.1) is 0 Å². The highest BCUT2D eigenvalue weighted by molar-refractivity contribution is 9.10. The predicted octanol–water partition coefficient (Wildman–Crippen LogP) is 4.57. The van der Waals surface area contributed by atoms with Crippen LogP contribution in [0.4, 0.5) is 0 Å². The van der Waals surface area contributed by atoms with E-state index in [0.29, 0.717) is 12.5 Å². The summed E-state index contributed by atoms with van der Waals surface area (Å²) in [5.41, 5.74) is 1.34. The smallest absolute Gasteiger partial charge is 0.0465 e. The van der Waals surface area contributed by atoms with Crippen molar-refractivity contribution in [3.05, 3.63) is 34.3 Å². The SMILES string of the molecule is OCC(Cc1cccc(Br)c1)C1CCCCCC1. The lowest BCUT2D eigenvalue weighted by atomic mass is 9.82. The van der Waals surface area contributed by atoms with E-state index in [0.717, 1.165) is 16.8 Å². The summed E-state index contributed by atoms with van der Waals surface area (Å²) in [5, 5.41) is 9.69. The molecule has 18 heavy (non-hydrogen) atoms. The minimum absolute atomic E-state index is 0.331. The molecule has 2 heteroatoms. The van der Waals surface area contributed by atoms with Gasteiger partial charge in [-0.05, 0) is 36.0 Å². The molecule has 0 aliphatic heterocycles. The van der Waals surface area contributed by atoms with Crippen molar-refractivity contribution in [3.63, 3.8) is 0 Å². The van der Waals surface area contributed by atoms with E-state index >= 15 is 0 Å². The number of rotatable bonds is 4. The fourth-order valence-corrected chi connectivity index (χ4v) is 3.58. The van der Waals surface area contributed by atoms with Gasteiger partial charge in [-0.1, -0.05) is 66.6 Å². The van der Waals surface area contributed by atoms with Gasteiger partial charge in [0.15, 0.2) is 0 Å². The molecule has 1 nitrogen and oxygen atoms in total. The van der Waals surface area contributed by atoms with Gasteiger partial charge < -0.3 is 5.11 Å². The highest BCUT2D eigenvalue weighted by Crippen LogP contribution is 2.31. The Morgan fingerprint density at radius 1 is 1.17 bits per heavy atom. The van der Waals surface area contributed by atoms with E-state index in [1.807, 2.05) is 0 Å². The highest BCUT2D eigenvalue weighted by Gasteiger charge is 2.22. The molecule has 1 atom stereocenters. The van der Waals surface area contributed by atoms with Crippen LogP contribution in [0.5, 0.6) is 0 Å². The van der Waals surface area contributed by atoms with E-state index in [-0.39, 0.29) is 0 Å². The van der Waals surface area contributed by atoms with Crippen LogP contribution in [0.3, 0.4) is 0 Å². The lowest BCUT2D eigenvalue weighted by Crippen LogP contribution is -2.20. The Morgan fingerprint density at radius 3 is 2.50 bits per heavy atom. The van der Waals surface area contributed by atoms with Crippen molar-refractivity contribution in [2.75, 3.05) is 6.61 Å². The standard InChI is InChI=1S/C16H23BrO/c17-16-9-5-6-13(11-16)10-15(12-18)14-7-3-1-2-4-8-14/h5-6,9,11,14-15,18H,1-4,7-8,10,12H2. The van der Waals surface area contributed by atoms with E-state index in [4.69, 9.17) is 0 Å². The van der Waals surface area contributed by atoms with Gasteiger partial charge in [0.2, 0.25) is 0 Å². The zero-order chi connectivity index (χ0) is 12.8. The average Bonchev–Trinajstić information content (AvgIpc) is 2.65. The maximum atomic E-state index is 9.69. The monoisotopic (exact) mass is 310 g/mol. The van der Waals surface area contributed by atoms with Gasteiger partial charge in [-0.2, -0.15) is 0 Å². The predicted molar refractivity (Wildman–Crippen MR) is 79.6 cm³/mol. The Bertz CT molecular complexity index is 356. The second-order valence-corrected chi connectivity index (χ2v) is 6.44. The van der Waals surface area contributed by atoms with Crippen LogP contribution in [0.25, 0.3) is 0 Å². The molecule has 2 rings (SSSR count). The highest BCUT2D eigenvalue weighted by atomic mass is 79.9. The molecule has 0 saturated heterocycles. The lowest BCUT2D eigenvalue weighted by Gasteiger charge is -2.24. The molecule has 0 spiro atoms. The first-order valence-electron chi connectivity index (χ1n) is 7.15. The molecule has 0 amide bonds. The zero-order valence-corrected chi connectivity index (χ0v) is 12.5. The summed E-state index contributed by atoms with van der Waals surface area (Å²) in [4.78, 5) is 0. The van der Waals surface area contributed by atoms with Crippen LogP contribution >= 0.6 is 15.9 Å². The maximum absolute atomic E-state index is 9.69. The Hall–Kier alpha value is -0.340. The van der Waals surface area contributed by atoms with Crippen molar-refractivity contribution in [2.24, 2.45) is 11.8 Å². The Morgan fingerprint density at radius 2 is 1.89 bits per heavy atom. The number of hydrogen-bond donors (Lipinski definition) is 1. The molecule has 0 aromatic heterocycles. The van der Waals surface area contributed by atoms with E-state index in [9.17, 15) is 5.11 Å². The molecule has 0 bridgehead atoms.